The van der Waals surface area contributed by atoms with Gasteiger partial charge in [0.1, 0.15) is 5.82 Å². The molecule has 3 rings (SSSR count). The molecule has 0 spiro atoms. The third-order valence-corrected chi connectivity index (χ3v) is 3.08. The van der Waals surface area contributed by atoms with E-state index in [4.69, 9.17) is 0 Å². The summed E-state index contributed by atoms with van der Waals surface area (Å²) in [6, 6.07) is 18.2. The number of anilines is 1. The van der Waals surface area contributed by atoms with Crippen molar-refractivity contribution in [3.63, 3.8) is 0 Å². The van der Waals surface area contributed by atoms with Crippen LogP contribution in [0.15, 0.2) is 60.8 Å². The van der Waals surface area contributed by atoms with Gasteiger partial charge in [-0.05, 0) is 24.1 Å². The molecule has 0 saturated carbocycles. The van der Waals surface area contributed by atoms with Crippen LogP contribution in [0.3, 0.4) is 0 Å². The van der Waals surface area contributed by atoms with Crippen molar-refractivity contribution in [2.24, 2.45) is 0 Å². The molecule has 0 aliphatic heterocycles. The summed E-state index contributed by atoms with van der Waals surface area (Å²) in [4.78, 5) is 4.29. The standard InChI is InChI=1S/C16H16N4/c1-2-6-13(7-3-1)9-11-18-16-12-15(19-20-16)14-8-4-5-10-17-14/h1-8,10,12H,9,11H2,(H2,18,19,20). The van der Waals surface area contributed by atoms with Gasteiger partial charge < -0.3 is 5.32 Å². The van der Waals surface area contributed by atoms with Gasteiger partial charge in [-0.1, -0.05) is 36.4 Å². The van der Waals surface area contributed by atoms with E-state index in [1.54, 1.807) is 6.20 Å². The monoisotopic (exact) mass is 264 g/mol. The predicted octanol–water partition coefficient (Wildman–Crippen LogP) is 3.13. The number of aromatic amines is 1. The molecule has 20 heavy (non-hydrogen) atoms. The maximum atomic E-state index is 4.29. The average Bonchev–Trinajstić information content (AvgIpc) is 2.98. The van der Waals surface area contributed by atoms with Crippen molar-refractivity contribution in [2.75, 3.05) is 11.9 Å². The Morgan fingerprint density at radius 3 is 2.65 bits per heavy atom. The highest BCUT2D eigenvalue weighted by atomic mass is 15.2. The van der Waals surface area contributed by atoms with Crippen LogP contribution in [-0.4, -0.2) is 21.7 Å². The highest BCUT2D eigenvalue weighted by Gasteiger charge is 2.03. The molecule has 0 aliphatic rings. The highest BCUT2D eigenvalue weighted by Crippen LogP contribution is 2.16. The molecule has 2 N–H and O–H groups in total. The first-order valence-corrected chi connectivity index (χ1v) is 6.66. The molecule has 0 bridgehead atoms. The number of H-pyrrole nitrogens is 1. The lowest BCUT2D eigenvalue weighted by molar-refractivity contribution is 0.992. The molecule has 0 atom stereocenters. The Bertz CT molecular complexity index is 647. The van der Waals surface area contributed by atoms with Gasteiger partial charge >= 0.3 is 0 Å². The lowest BCUT2D eigenvalue weighted by atomic mass is 10.1. The van der Waals surface area contributed by atoms with Crippen molar-refractivity contribution in [3.05, 3.63) is 66.4 Å². The third-order valence-electron chi connectivity index (χ3n) is 3.08. The van der Waals surface area contributed by atoms with Gasteiger partial charge in [-0.15, -0.1) is 0 Å². The molecule has 0 amide bonds. The Labute approximate surface area is 117 Å². The summed E-state index contributed by atoms with van der Waals surface area (Å²) in [6.07, 6.45) is 2.76. The Balaban J connectivity index is 1.58. The van der Waals surface area contributed by atoms with E-state index in [0.29, 0.717) is 0 Å². The van der Waals surface area contributed by atoms with Crippen LogP contribution in [0.25, 0.3) is 11.4 Å². The smallest absolute Gasteiger partial charge is 0.148 e. The van der Waals surface area contributed by atoms with Gasteiger partial charge in [-0.3, -0.25) is 10.1 Å². The van der Waals surface area contributed by atoms with Crippen LogP contribution in [0.5, 0.6) is 0 Å². The summed E-state index contributed by atoms with van der Waals surface area (Å²) in [5.74, 6) is 0.849. The maximum absolute atomic E-state index is 4.29. The fraction of sp³-hybridized carbons (Fsp3) is 0.125. The second-order valence-corrected chi connectivity index (χ2v) is 4.54. The van der Waals surface area contributed by atoms with E-state index < -0.39 is 0 Å². The minimum absolute atomic E-state index is 0.849. The van der Waals surface area contributed by atoms with Gasteiger partial charge in [0.15, 0.2) is 0 Å². The van der Waals surface area contributed by atoms with Crippen molar-refractivity contribution >= 4 is 5.82 Å². The number of hydrogen-bond acceptors (Lipinski definition) is 3. The number of pyridine rings is 1. The van der Waals surface area contributed by atoms with Gasteiger partial charge in [0.25, 0.3) is 0 Å². The average molecular weight is 264 g/mol. The predicted molar refractivity (Wildman–Crippen MR) is 80.5 cm³/mol. The number of aromatic nitrogens is 3. The molecule has 1 aromatic carbocycles. The summed E-state index contributed by atoms with van der Waals surface area (Å²) >= 11 is 0. The number of nitrogens with zero attached hydrogens (tertiary/aromatic N) is 2. The second-order valence-electron chi connectivity index (χ2n) is 4.54. The van der Waals surface area contributed by atoms with Gasteiger partial charge in [0, 0.05) is 18.8 Å². The van der Waals surface area contributed by atoms with Crippen LogP contribution in [0.1, 0.15) is 5.56 Å². The molecule has 0 saturated heterocycles. The van der Waals surface area contributed by atoms with Crippen LogP contribution in [0.4, 0.5) is 5.82 Å². The molecular weight excluding hydrogens is 248 g/mol. The Hall–Kier alpha value is -2.62. The van der Waals surface area contributed by atoms with E-state index in [1.807, 2.05) is 30.3 Å². The molecule has 3 aromatic rings. The van der Waals surface area contributed by atoms with E-state index in [9.17, 15) is 0 Å². The molecule has 0 radical (unpaired) electrons. The summed E-state index contributed by atoms with van der Waals surface area (Å²) in [7, 11) is 0. The fourth-order valence-electron chi connectivity index (χ4n) is 2.05. The molecule has 0 fully saturated rings. The van der Waals surface area contributed by atoms with E-state index >= 15 is 0 Å². The van der Waals surface area contributed by atoms with E-state index in [-0.39, 0.29) is 0 Å². The molecule has 2 aromatic heterocycles. The first-order valence-electron chi connectivity index (χ1n) is 6.66. The zero-order valence-electron chi connectivity index (χ0n) is 11.1. The first kappa shape index (κ1) is 12.4. The van der Waals surface area contributed by atoms with E-state index in [0.717, 1.165) is 30.2 Å². The lowest BCUT2D eigenvalue weighted by Gasteiger charge is -2.02. The number of nitrogens with one attached hydrogen (secondary N) is 2. The normalized spacial score (nSPS) is 10.4. The van der Waals surface area contributed by atoms with Crippen molar-refractivity contribution in [1.29, 1.82) is 0 Å². The van der Waals surface area contributed by atoms with Gasteiger partial charge in [0.2, 0.25) is 0 Å². The first-order chi connectivity index (χ1) is 9.92. The Morgan fingerprint density at radius 2 is 1.85 bits per heavy atom. The second kappa shape index (κ2) is 6.02. The Kier molecular flexibility index (Phi) is 3.73. The van der Waals surface area contributed by atoms with Crippen molar-refractivity contribution in [1.82, 2.24) is 15.2 Å². The van der Waals surface area contributed by atoms with E-state index in [1.165, 1.54) is 5.56 Å². The molecule has 100 valence electrons. The minimum atomic E-state index is 0.849. The van der Waals surface area contributed by atoms with Crippen molar-refractivity contribution in [2.45, 2.75) is 6.42 Å². The van der Waals surface area contributed by atoms with Crippen molar-refractivity contribution in [3.8, 4) is 11.4 Å². The maximum Gasteiger partial charge on any atom is 0.148 e. The Morgan fingerprint density at radius 1 is 1.00 bits per heavy atom. The largest absolute Gasteiger partial charge is 0.368 e. The summed E-state index contributed by atoms with van der Waals surface area (Å²) in [6.45, 7) is 0.858. The zero-order valence-corrected chi connectivity index (χ0v) is 11.1. The van der Waals surface area contributed by atoms with Crippen LogP contribution < -0.4 is 5.32 Å². The fourth-order valence-corrected chi connectivity index (χ4v) is 2.05. The molecule has 4 heteroatoms. The number of hydrogen-bond donors (Lipinski definition) is 2. The summed E-state index contributed by atoms with van der Waals surface area (Å²) in [5.41, 5.74) is 3.14. The quantitative estimate of drug-likeness (QED) is 0.744. The van der Waals surface area contributed by atoms with Gasteiger partial charge in [-0.2, -0.15) is 5.10 Å². The molecule has 2 heterocycles. The highest BCUT2D eigenvalue weighted by molar-refractivity contribution is 5.58. The summed E-state index contributed by atoms with van der Waals surface area (Å²) < 4.78 is 0. The zero-order chi connectivity index (χ0) is 13.6. The number of rotatable bonds is 5. The third kappa shape index (κ3) is 3.03. The topological polar surface area (TPSA) is 53.6 Å². The molecule has 0 unspecified atom stereocenters. The van der Waals surface area contributed by atoms with Crippen molar-refractivity contribution < 1.29 is 0 Å². The SMILES string of the molecule is c1ccc(CCNc2cc(-c3ccccn3)[nH]n2)cc1. The molecular formula is C16H16N4. The van der Waals surface area contributed by atoms with Crippen LogP contribution in [0, 0.1) is 0 Å². The van der Waals surface area contributed by atoms with Crippen LogP contribution in [0.2, 0.25) is 0 Å². The minimum Gasteiger partial charge on any atom is -0.368 e. The van der Waals surface area contributed by atoms with E-state index in [2.05, 4.69) is 44.8 Å². The summed E-state index contributed by atoms with van der Waals surface area (Å²) in [5, 5.41) is 10.6. The van der Waals surface area contributed by atoms with Crippen LogP contribution >= 0.6 is 0 Å². The van der Waals surface area contributed by atoms with Gasteiger partial charge in [0.05, 0.1) is 11.4 Å². The lowest BCUT2D eigenvalue weighted by Crippen LogP contribution is -2.04. The molecule has 4 nitrogen and oxygen atoms in total. The number of benzene rings is 1. The molecule has 0 aliphatic carbocycles. The van der Waals surface area contributed by atoms with Gasteiger partial charge in [-0.25, -0.2) is 0 Å². The van der Waals surface area contributed by atoms with Crippen LogP contribution in [-0.2, 0) is 6.42 Å².